The van der Waals surface area contributed by atoms with E-state index in [1.165, 1.54) is 24.4 Å². The van der Waals surface area contributed by atoms with E-state index in [4.69, 9.17) is 9.47 Å². The van der Waals surface area contributed by atoms with E-state index in [2.05, 4.69) is 10.5 Å². The van der Waals surface area contributed by atoms with Crippen molar-refractivity contribution in [1.82, 2.24) is 5.43 Å². The Morgan fingerprint density at radius 3 is 2.40 bits per heavy atom. The van der Waals surface area contributed by atoms with E-state index < -0.39 is 17.4 Å². The fourth-order valence-corrected chi connectivity index (χ4v) is 2.48. The number of ether oxygens (including phenoxy) is 2. The lowest BCUT2D eigenvalue weighted by Gasteiger charge is -2.06. The van der Waals surface area contributed by atoms with E-state index in [0.29, 0.717) is 6.61 Å². The van der Waals surface area contributed by atoms with Gasteiger partial charge >= 0.3 is 5.69 Å². The highest BCUT2D eigenvalue weighted by atomic mass is 16.6. The molecule has 1 N–H and O–H groups in total. The number of hydrazone groups is 1. The Morgan fingerprint density at radius 1 is 0.967 bits per heavy atom. The second-order valence-corrected chi connectivity index (χ2v) is 6.15. The largest absolute Gasteiger partial charge is 0.489 e. The summed E-state index contributed by atoms with van der Waals surface area (Å²) in [7, 11) is 0. The van der Waals surface area contributed by atoms with E-state index in [1.807, 2.05) is 42.5 Å². The van der Waals surface area contributed by atoms with Crippen LogP contribution in [0.3, 0.4) is 0 Å². The maximum atomic E-state index is 11.8. The molecule has 152 valence electrons. The van der Waals surface area contributed by atoms with Crippen molar-refractivity contribution < 1.29 is 19.2 Å². The van der Waals surface area contributed by atoms with Crippen molar-refractivity contribution in [1.29, 1.82) is 0 Å². The predicted molar refractivity (Wildman–Crippen MR) is 112 cm³/mol. The molecule has 0 radical (unpaired) electrons. The van der Waals surface area contributed by atoms with E-state index >= 15 is 0 Å². The summed E-state index contributed by atoms with van der Waals surface area (Å²) >= 11 is 0. The van der Waals surface area contributed by atoms with Crippen LogP contribution in [0, 0.1) is 10.1 Å². The summed E-state index contributed by atoms with van der Waals surface area (Å²) in [6.07, 6.45) is 1.48. The fraction of sp³-hybridized carbons (Fsp3) is 0.0909. The number of carbonyl (C=O) groups is 1. The van der Waals surface area contributed by atoms with Crippen molar-refractivity contribution >= 4 is 17.8 Å². The smallest absolute Gasteiger partial charge is 0.310 e. The number of nitrogens with zero attached hydrogens (tertiary/aromatic N) is 2. The van der Waals surface area contributed by atoms with Gasteiger partial charge in [0, 0.05) is 6.07 Å². The van der Waals surface area contributed by atoms with Gasteiger partial charge in [0.1, 0.15) is 12.4 Å². The molecule has 8 heteroatoms. The predicted octanol–water partition coefficient (Wildman–Crippen LogP) is 3.70. The second kappa shape index (κ2) is 10.4. The summed E-state index contributed by atoms with van der Waals surface area (Å²) in [6.45, 7) is 0.0817. The molecule has 0 heterocycles. The number of rotatable bonds is 9. The van der Waals surface area contributed by atoms with Crippen molar-refractivity contribution in [3.05, 3.63) is 100 Å². The zero-order valence-electron chi connectivity index (χ0n) is 15.9. The number of carbonyl (C=O) groups excluding carboxylic acids is 1. The number of hydrogen-bond donors (Lipinski definition) is 1. The quantitative estimate of drug-likeness (QED) is 0.332. The molecule has 3 aromatic carbocycles. The Hall–Kier alpha value is -4.20. The van der Waals surface area contributed by atoms with Crippen LogP contribution in [0.5, 0.6) is 11.5 Å². The Labute approximate surface area is 172 Å². The molecular weight excluding hydrogens is 386 g/mol. The highest BCUT2D eigenvalue weighted by molar-refractivity contribution is 5.83. The maximum Gasteiger partial charge on any atom is 0.310 e. The number of benzene rings is 3. The summed E-state index contributed by atoms with van der Waals surface area (Å²) in [5.41, 5.74) is 3.95. The lowest BCUT2D eigenvalue weighted by Crippen LogP contribution is -2.24. The first kappa shape index (κ1) is 20.5. The highest BCUT2D eigenvalue weighted by Crippen LogP contribution is 2.25. The molecule has 0 unspecified atom stereocenters. The summed E-state index contributed by atoms with van der Waals surface area (Å²) in [4.78, 5) is 22.2. The number of nitro benzene ring substituents is 1. The van der Waals surface area contributed by atoms with Crippen LogP contribution in [0.15, 0.2) is 84.0 Å². The molecule has 3 aromatic rings. The lowest BCUT2D eigenvalue weighted by molar-refractivity contribution is -0.385. The van der Waals surface area contributed by atoms with Gasteiger partial charge in [0.2, 0.25) is 0 Å². The number of amides is 1. The van der Waals surface area contributed by atoms with Gasteiger partial charge in [-0.25, -0.2) is 5.43 Å². The van der Waals surface area contributed by atoms with Gasteiger partial charge in [0.15, 0.2) is 12.4 Å². The summed E-state index contributed by atoms with van der Waals surface area (Å²) in [5.74, 6) is 0.206. The van der Waals surface area contributed by atoms with Crippen molar-refractivity contribution in [2.75, 3.05) is 6.61 Å². The molecule has 0 bridgehead atoms. The minimum absolute atomic E-state index is 0.0210. The molecule has 0 aliphatic carbocycles. The maximum absolute atomic E-state index is 11.8. The van der Waals surface area contributed by atoms with Crippen LogP contribution in [0.2, 0.25) is 0 Å². The normalized spacial score (nSPS) is 10.5. The Bertz CT molecular complexity index is 1020. The van der Waals surface area contributed by atoms with E-state index in [-0.39, 0.29) is 11.4 Å². The monoisotopic (exact) mass is 405 g/mol. The summed E-state index contributed by atoms with van der Waals surface area (Å²) < 4.78 is 10.9. The molecule has 0 atom stereocenters. The van der Waals surface area contributed by atoms with Crippen molar-refractivity contribution in [2.24, 2.45) is 5.10 Å². The van der Waals surface area contributed by atoms with Crippen LogP contribution in [-0.2, 0) is 11.4 Å². The Balaban J connectivity index is 1.44. The third-order valence-corrected chi connectivity index (χ3v) is 3.95. The lowest BCUT2D eigenvalue weighted by atomic mass is 10.2. The average Bonchev–Trinajstić information content (AvgIpc) is 2.78. The van der Waals surface area contributed by atoms with E-state index in [1.54, 1.807) is 18.2 Å². The minimum atomic E-state index is -0.571. The molecule has 0 aliphatic rings. The third kappa shape index (κ3) is 6.16. The summed E-state index contributed by atoms with van der Waals surface area (Å²) in [5, 5.41) is 14.8. The molecular formula is C22H19N3O5. The number of nitro groups is 1. The molecule has 0 saturated heterocycles. The standard InChI is InChI=1S/C22H19N3O5/c26-22(16-30-21-9-5-4-8-20(21)25(27)28)24-23-14-17-10-12-19(13-11-17)29-15-18-6-2-1-3-7-18/h1-14H,15-16H2,(H,24,26). The van der Waals surface area contributed by atoms with Gasteiger partial charge in [-0.3, -0.25) is 14.9 Å². The topological polar surface area (TPSA) is 103 Å². The van der Waals surface area contributed by atoms with Crippen LogP contribution in [0.1, 0.15) is 11.1 Å². The van der Waals surface area contributed by atoms with Crippen molar-refractivity contribution in [3.8, 4) is 11.5 Å². The summed E-state index contributed by atoms with van der Waals surface area (Å²) in [6, 6.07) is 22.9. The van der Waals surface area contributed by atoms with Gasteiger partial charge in [0.05, 0.1) is 11.1 Å². The molecule has 0 fully saturated rings. The Morgan fingerprint density at radius 2 is 1.67 bits per heavy atom. The average molecular weight is 405 g/mol. The first-order chi connectivity index (χ1) is 14.6. The molecule has 0 aliphatic heterocycles. The first-order valence-corrected chi connectivity index (χ1v) is 9.07. The van der Waals surface area contributed by atoms with Gasteiger partial charge in [-0.1, -0.05) is 42.5 Å². The van der Waals surface area contributed by atoms with Gasteiger partial charge < -0.3 is 9.47 Å². The number of para-hydroxylation sites is 2. The molecule has 1 amide bonds. The van der Waals surface area contributed by atoms with Gasteiger partial charge in [-0.2, -0.15) is 5.10 Å². The van der Waals surface area contributed by atoms with Gasteiger partial charge in [0.25, 0.3) is 5.91 Å². The van der Waals surface area contributed by atoms with Crippen LogP contribution >= 0.6 is 0 Å². The van der Waals surface area contributed by atoms with E-state index in [0.717, 1.165) is 16.9 Å². The van der Waals surface area contributed by atoms with Crippen LogP contribution in [0.4, 0.5) is 5.69 Å². The second-order valence-electron chi connectivity index (χ2n) is 6.15. The first-order valence-electron chi connectivity index (χ1n) is 9.07. The van der Waals surface area contributed by atoms with Crippen LogP contribution in [-0.4, -0.2) is 23.7 Å². The van der Waals surface area contributed by atoms with Crippen molar-refractivity contribution in [3.63, 3.8) is 0 Å². The minimum Gasteiger partial charge on any atom is -0.489 e. The SMILES string of the molecule is O=C(COc1ccccc1[N+](=O)[O-])NN=Cc1ccc(OCc2ccccc2)cc1. The van der Waals surface area contributed by atoms with Gasteiger partial charge in [-0.05, 0) is 41.5 Å². The molecule has 0 spiro atoms. The third-order valence-electron chi connectivity index (χ3n) is 3.95. The Kier molecular flexibility index (Phi) is 7.10. The van der Waals surface area contributed by atoms with Crippen LogP contribution in [0.25, 0.3) is 0 Å². The number of hydrogen-bond acceptors (Lipinski definition) is 6. The zero-order valence-corrected chi connectivity index (χ0v) is 15.9. The zero-order chi connectivity index (χ0) is 21.2. The highest BCUT2D eigenvalue weighted by Gasteiger charge is 2.14. The van der Waals surface area contributed by atoms with Crippen molar-refractivity contribution in [2.45, 2.75) is 6.61 Å². The number of nitrogens with one attached hydrogen (secondary N) is 1. The fourth-order valence-electron chi connectivity index (χ4n) is 2.48. The van der Waals surface area contributed by atoms with Crippen LogP contribution < -0.4 is 14.9 Å². The molecule has 30 heavy (non-hydrogen) atoms. The molecule has 3 rings (SSSR count). The van der Waals surface area contributed by atoms with Gasteiger partial charge in [-0.15, -0.1) is 0 Å². The van der Waals surface area contributed by atoms with E-state index in [9.17, 15) is 14.9 Å². The molecule has 0 aromatic heterocycles. The molecule has 0 saturated carbocycles. The molecule has 8 nitrogen and oxygen atoms in total.